The molecule has 0 N–H and O–H groups in total. The van der Waals surface area contributed by atoms with Gasteiger partial charge in [0.05, 0.1) is 0 Å². The monoisotopic (exact) mass is 200 g/mol. The fourth-order valence-electron chi connectivity index (χ4n) is 1.48. The Labute approximate surface area is 93.4 Å². The molecule has 0 saturated carbocycles. The summed E-state index contributed by atoms with van der Waals surface area (Å²) < 4.78 is 0. The van der Waals surface area contributed by atoms with E-state index in [0.29, 0.717) is 5.92 Å². The Bertz CT molecular complexity index is 335. The first kappa shape index (κ1) is 11.8. The SMILES string of the molecule is C/C=C(C)\C=C/CC1=CC=CC=CC1C. The molecule has 0 aromatic heterocycles. The lowest BCUT2D eigenvalue weighted by Crippen LogP contribution is -1.93. The van der Waals surface area contributed by atoms with E-state index in [1.807, 2.05) is 0 Å². The molecular formula is C15H20. The van der Waals surface area contributed by atoms with Crippen LogP contribution in [-0.2, 0) is 0 Å². The summed E-state index contributed by atoms with van der Waals surface area (Å²) in [5, 5.41) is 0. The molecular weight excluding hydrogens is 180 g/mol. The molecule has 0 radical (unpaired) electrons. The molecule has 0 aromatic rings. The Morgan fingerprint density at radius 1 is 1.33 bits per heavy atom. The van der Waals surface area contributed by atoms with Crippen molar-refractivity contribution in [1.29, 1.82) is 0 Å². The maximum absolute atomic E-state index is 2.24. The lowest BCUT2D eigenvalue weighted by Gasteiger charge is -2.08. The van der Waals surface area contributed by atoms with Gasteiger partial charge >= 0.3 is 0 Å². The van der Waals surface area contributed by atoms with Gasteiger partial charge in [0, 0.05) is 0 Å². The highest BCUT2D eigenvalue weighted by Gasteiger charge is 2.03. The number of hydrogen-bond acceptors (Lipinski definition) is 0. The lowest BCUT2D eigenvalue weighted by atomic mass is 9.97. The average molecular weight is 200 g/mol. The smallest absolute Gasteiger partial charge is 0.00423 e. The fourth-order valence-corrected chi connectivity index (χ4v) is 1.48. The first-order valence-corrected chi connectivity index (χ1v) is 5.57. The van der Waals surface area contributed by atoms with E-state index in [1.165, 1.54) is 11.1 Å². The zero-order valence-electron chi connectivity index (χ0n) is 9.90. The van der Waals surface area contributed by atoms with Crippen LogP contribution >= 0.6 is 0 Å². The van der Waals surface area contributed by atoms with Crippen molar-refractivity contribution >= 4 is 0 Å². The molecule has 1 aliphatic carbocycles. The van der Waals surface area contributed by atoms with Gasteiger partial charge in [-0.3, -0.25) is 0 Å². The lowest BCUT2D eigenvalue weighted by molar-refractivity contribution is 0.834. The molecule has 0 amide bonds. The Morgan fingerprint density at radius 2 is 2.13 bits per heavy atom. The van der Waals surface area contributed by atoms with E-state index >= 15 is 0 Å². The van der Waals surface area contributed by atoms with E-state index in [9.17, 15) is 0 Å². The molecule has 0 saturated heterocycles. The molecule has 0 aromatic carbocycles. The molecule has 0 heterocycles. The van der Waals surface area contributed by atoms with Gasteiger partial charge in [-0.2, -0.15) is 0 Å². The van der Waals surface area contributed by atoms with Crippen LogP contribution in [-0.4, -0.2) is 0 Å². The van der Waals surface area contributed by atoms with Crippen molar-refractivity contribution in [3.8, 4) is 0 Å². The van der Waals surface area contributed by atoms with Crippen molar-refractivity contribution in [1.82, 2.24) is 0 Å². The zero-order valence-corrected chi connectivity index (χ0v) is 9.90. The maximum Gasteiger partial charge on any atom is -0.00423 e. The Balaban J connectivity index is 2.58. The minimum Gasteiger partial charge on any atom is -0.0847 e. The summed E-state index contributed by atoms with van der Waals surface area (Å²) in [6.45, 7) is 6.44. The van der Waals surface area contributed by atoms with Gasteiger partial charge in [-0.05, 0) is 26.2 Å². The highest BCUT2D eigenvalue weighted by atomic mass is 14.1. The third-order valence-corrected chi connectivity index (χ3v) is 2.71. The van der Waals surface area contributed by atoms with Gasteiger partial charge in [-0.25, -0.2) is 0 Å². The van der Waals surface area contributed by atoms with E-state index < -0.39 is 0 Å². The molecule has 0 aliphatic heterocycles. The van der Waals surface area contributed by atoms with Crippen molar-refractivity contribution in [3.63, 3.8) is 0 Å². The van der Waals surface area contributed by atoms with E-state index in [2.05, 4.69) is 69.4 Å². The van der Waals surface area contributed by atoms with Gasteiger partial charge in [0.25, 0.3) is 0 Å². The quantitative estimate of drug-likeness (QED) is 0.585. The van der Waals surface area contributed by atoms with Crippen molar-refractivity contribution in [3.05, 3.63) is 59.8 Å². The predicted octanol–water partition coefficient (Wildman–Crippen LogP) is 4.59. The molecule has 0 heteroatoms. The molecule has 1 aliphatic rings. The molecule has 1 atom stereocenters. The average Bonchev–Trinajstić information content (AvgIpc) is 2.44. The Kier molecular flexibility index (Phi) is 4.89. The van der Waals surface area contributed by atoms with Gasteiger partial charge in [0.2, 0.25) is 0 Å². The summed E-state index contributed by atoms with van der Waals surface area (Å²) in [6.07, 6.45) is 18.4. The fraction of sp³-hybridized carbons (Fsp3) is 0.333. The van der Waals surface area contributed by atoms with Crippen LogP contribution in [0.2, 0.25) is 0 Å². The van der Waals surface area contributed by atoms with Crippen LogP contribution in [0.1, 0.15) is 27.2 Å². The van der Waals surface area contributed by atoms with Crippen LogP contribution in [0.25, 0.3) is 0 Å². The summed E-state index contributed by atoms with van der Waals surface area (Å²) in [5.41, 5.74) is 2.79. The highest BCUT2D eigenvalue weighted by Crippen LogP contribution is 2.19. The van der Waals surface area contributed by atoms with Crippen LogP contribution in [0.4, 0.5) is 0 Å². The minimum atomic E-state index is 0.551. The Morgan fingerprint density at radius 3 is 2.87 bits per heavy atom. The van der Waals surface area contributed by atoms with Crippen LogP contribution in [0.15, 0.2) is 59.8 Å². The van der Waals surface area contributed by atoms with E-state index in [1.54, 1.807) is 0 Å². The highest BCUT2D eigenvalue weighted by molar-refractivity contribution is 5.28. The summed E-state index contributed by atoms with van der Waals surface area (Å²) in [6, 6.07) is 0. The third kappa shape index (κ3) is 4.16. The van der Waals surface area contributed by atoms with Crippen LogP contribution < -0.4 is 0 Å². The topological polar surface area (TPSA) is 0 Å². The number of allylic oxidation sites excluding steroid dienone is 10. The first-order chi connectivity index (χ1) is 7.24. The molecule has 80 valence electrons. The van der Waals surface area contributed by atoms with Gasteiger partial charge in [0.1, 0.15) is 0 Å². The molecule has 0 fully saturated rings. The summed E-state index contributed by atoms with van der Waals surface area (Å²) in [4.78, 5) is 0. The molecule has 15 heavy (non-hydrogen) atoms. The molecule has 0 nitrogen and oxygen atoms in total. The molecule has 1 rings (SSSR count). The van der Waals surface area contributed by atoms with E-state index in [0.717, 1.165) is 6.42 Å². The largest absolute Gasteiger partial charge is 0.0847 e. The zero-order chi connectivity index (χ0) is 11.1. The minimum absolute atomic E-state index is 0.551. The molecule has 1 unspecified atom stereocenters. The van der Waals surface area contributed by atoms with Crippen molar-refractivity contribution < 1.29 is 0 Å². The molecule has 0 bridgehead atoms. The molecule has 0 spiro atoms. The normalized spacial score (nSPS) is 21.9. The standard InChI is InChI=1S/C15H20/c1-4-13(2)9-8-12-15-11-7-5-6-10-14(15)3/h4-11,14H,12H2,1-3H3/b9-8-,13-4-. The summed E-state index contributed by atoms with van der Waals surface area (Å²) in [5.74, 6) is 0.551. The number of rotatable bonds is 3. The van der Waals surface area contributed by atoms with Crippen molar-refractivity contribution in [2.75, 3.05) is 0 Å². The van der Waals surface area contributed by atoms with Gasteiger partial charge < -0.3 is 0 Å². The number of hydrogen-bond donors (Lipinski definition) is 0. The van der Waals surface area contributed by atoms with Gasteiger partial charge in [-0.1, -0.05) is 66.7 Å². The second-order valence-electron chi connectivity index (χ2n) is 3.94. The third-order valence-electron chi connectivity index (χ3n) is 2.71. The maximum atomic E-state index is 2.24. The van der Waals surface area contributed by atoms with Gasteiger partial charge in [0.15, 0.2) is 0 Å². The second-order valence-corrected chi connectivity index (χ2v) is 3.94. The first-order valence-electron chi connectivity index (χ1n) is 5.57. The van der Waals surface area contributed by atoms with Gasteiger partial charge in [-0.15, -0.1) is 0 Å². The Hall–Kier alpha value is -1.30. The van der Waals surface area contributed by atoms with Crippen LogP contribution in [0.3, 0.4) is 0 Å². The van der Waals surface area contributed by atoms with E-state index in [-0.39, 0.29) is 0 Å². The van der Waals surface area contributed by atoms with Crippen LogP contribution in [0.5, 0.6) is 0 Å². The second kappa shape index (κ2) is 6.23. The van der Waals surface area contributed by atoms with Crippen molar-refractivity contribution in [2.45, 2.75) is 27.2 Å². The predicted molar refractivity (Wildman–Crippen MR) is 68.7 cm³/mol. The summed E-state index contributed by atoms with van der Waals surface area (Å²) in [7, 11) is 0. The van der Waals surface area contributed by atoms with Crippen LogP contribution in [0, 0.1) is 5.92 Å². The van der Waals surface area contributed by atoms with Crippen molar-refractivity contribution in [2.24, 2.45) is 5.92 Å². The van der Waals surface area contributed by atoms with E-state index in [4.69, 9.17) is 0 Å². The summed E-state index contributed by atoms with van der Waals surface area (Å²) >= 11 is 0.